The SMILES string of the molecule is COC(=O)C1CCN(C(=O)NC[C@H]2C[C@@]23CCc2ccccc23)CC1. The number of aryl methyl sites for hydroxylation is 1. The monoisotopic (exact) mass is 342 g/mol. The van der Waals surface area contributed by atoms with Gasteiger partial charge in [-0.2, -0.15) is 0 Å². The van der Waals surface area contributed by atoms with E-state index in [-0.39, 0.29) is 17.9 Å². The van der Waals surface area contributed by atoms with E-state index in [2.05, 4.69) is 29.6 Å². The molecule has 1 spiro atoms. The average Bonchev–Trinajstić information content (AvgIpc) is 3.25. The molecule has 1 aromatic rings. The van der Waals surface area contributed by atoms with Gasteiger partial charge in [-0.25, -0.2) is 4.79 Å². The van der Waals surface area contributed by atoms with Crippen molar-refractivity contribution in [3.8, 4) is 0 Å². The molecule has 0 aromatic heterocycles. The molecule has 2 amide bonds. The lowest BCUT2D eigenvalue weighted by Gasteiger charge is -2.30. The number of piperidine rings is 1. The summed E-state index contributed by atoms with van der Waals surface area (Å²) in [5, 5.41) is 3.13. The Kier molecular flexibility index (Phi) is 4.18. The highest BCUT2D eigenvalue weighted by molar-refractivity contribution is 5.76. The lowest BCUT2D eigenvalue weighted by molar-refractivity contribution is -0.146. The van der Waals surface area contributed by atoms with E-state index in [0.29, 0.717) is 37.3 Å². The highest BCUT2D eigenvalue weighted by atomic mass is 16.5. The van der Waals surface area contributed by atoms with Crippen molar-refractivity contribution in [3.63, 3.8) is 0 Å². The maximum atomic E-state index is 12.4. The summed E-state index contributed by atoms with van der Waals surface area (Å²) in [4.78, 5) is 25.8. The number of esters is 1. The molecular formula is C20H26N2O3. The van der Waals surface area contributed by atoms with E-state index in [1.54, 1.807) is 0 Å². The Hall–Kier alpha value is -2.04. The van der Waals surface area contributed by atoms with Crippen LogP contribution in [0.2, 0.25) is 0 Å². The van der Waals surface area contributed by atoms with E-state index in [1.165, 1.54) is 37.5 Å². The van der Waals surface area contributed by atoms with Crippen molar-refractivity contribution in [2.75, 3.05) is 26.7 Å². The first-order valence-electron chi connectivity index (χ1n) is 9.33. The Labute approximate surface area is 148 Å². The summed E-state index contributed by atoms with van der Waals surface area (Å²) in [6.45, 7) is 2.01. The molecule has 2 aliphatic carbocycles. The zero-order valence-corrected chi connectivity index (χ0v) is 14.8. The third-order valence-corrected chi connectivity index (χ3v) is 6.44. The number of likely N-dealkylation sites (tertiary alicyclic amines) is 1. The van der Waals surface area contributed by atoms with Gasteiger partial charge in [-0.15, -0.1) is 0 Å². The van der Waals surface area contributed by atoms with Crippen molar-refractivity contribution >= 4 is 12.0 Å². The van der Waals surface area contributed by atoms with Crippen LogP contribution in [0.3, 0.4) is 0 Å². The predicted molar refractivity (Wildman–Crippen MR) is 94.3 cm³/mol. The second-order valence-corrected chi connectivity index (χ2v) is 7.68. The van der Waals surface area contributed by atoms with E-state index < -0.39 is 0 Å². The van der Waals surface area contributed by atoms with Gasteiger partial charge in [0.05, 0.1) is 13.0 Å². The minimum atomic E-state index is -0.153. The number of ether oxygens (including phenoxy) is 1. The van der Waals surface area contributed by atoms with E-state index in [4.69, 9.17) is 4.74 Å². The molecule has 1 aromatic carbocycles. The number of benzene rings is 1. The number of nitrogens with one attached hydrogen (secondary N) is 1. The van der Waals surface area contributed by atoms with Crippen molar-refractivity contribution in [1.29, 1.82) is 0 Å². The quantitative estimate of drug-likeness (QED) is 0.859. The van der Waals surface area contributed by atoms with Gasteiger partial charge < -0.3 is 15.0 Å². The molecule has 25 heavy (non-hydrogen) atoms. The second-order valence-electron chi connectivity index (χ2n) is 7.68. The first-order valence-corrected chi connectivity index (χ1v) is 9.33. The summed E-state index contributed by atoms with van der Waals surface area (Å²) in [5.41, 5.74) is 3.32. The molecule has 5 heteroatoms. The molecular weight excluding hydrogens is 316 g/mol. The number of amides is 2. The highest BCUT2D eigenvalue weighted by Gasteiger charge is 2.57. The minimum absolute atomic E-state index is 0.0108. The number of rotatable bonds is 3. The summed E-state index contributed by atoms with van der Waals surface area (Å²) in [7, 11) is 1.42. The molecule has 1 aliphatic heterocycles. The van der Waals surface area contributed by atoms with Gasteiger partial charge in [-0.1, -0.05) is 24.3 Å². The molecule has 0 unspecified atom stereocenters. The Bertz CT molecular complexity index is 681. The standard InChI is InChI=1S/C20H26N2O3/c1-25-18(23)15-7-10-22(11-8-15)19(24)21-13-16-12-20(16)9-6-14-4-2-3-5-17(14)20/h2-5,15-16H,6-13H2,1H3,(H,21,24)/t16-,20+/m1/s1. The molecule has 5 nitrogen and oxygen atoms in total. The summed E-state index contributed by atoms with van der Waals surface area (Å²) in [5.74, 6) is 0.350. The number of urea groups is 1. The number of hydrogen-bond donors (Lipinski definition) is 1. The number of carbonyl (C=O) groups is 2. The van der Waals surface area contributed by atoms with Crippen LogP contribution in [0.25, 0.3) is 0 Å². The van der Waals surface area contributed by atoms with Crippen LogP contribution in [0.5, 0.6) is 0 Å². The molecule has 2 atom stereocenters. The van der Waals surface area contributed by atoms with Gasteiger partial charge >= 0.3 is 12.0 Å². The Balaban J connectivity index is 1.27. The fourth-order valence-corrected chi connectivity index (χ4v) is 4.81. The lowest BCUT2D eigenvalue weighted by Crippen LogP contribution is -2.46. The maximum Gasteiger partial charge on any atom is 0.317 e. The fraction of sp³-hybridized carbons (Fsp3) is 0.600. The van der Waals surface area contributed by atoms with Crippen LogP contribution in [-0.2, 0) is 21.4 Å². The first kappa shape index (κ1) is 16.4. The Morgan fingerprint density at radius 3 is 2.80 bits per heavy atom. The van der Waals surface area contributed by atoms with Crippen LogP contribution in [-0.4, -0.2) is 43.6 Å². The molecule has 1 saturated heterocycles. The van der Waals surface area contributed by atoms with E-state index in [9.17, 15) is 9.59 Å². The van der Waals surface area contributed by atoms with Crippen LogP contribution < -0.4 is 5.32 Å². The molecule has 4 rings (SSSR count). The van der Waals surface area contributed by atoms with Crippen molar-refractivity contribution in [3.05, 3.63) is 35.4 Å². The van der Waals surface area contributed by atoms with Crippen LogP contribution >= 0.6 is 0 Å². The van der Waals surface area contributed by atoms with E-state index in [0.717, 1.165) is 6.54 Å². The van der Waals surface area contributed by atoms with Gasteiger partial charge in [0, 0.05) is 25.0 Å². The lowest BCUT2D eigenvalue weighted by atomic mass is 9.95. The molecule has 0 radical (unpaired) electrons. The van der Waals surface area contributed by atoms with Gasteiger partial charge in [-0.05, 0) is 49.1 Å². The third kappa shape index (κ3) is 2.90. The minimum Gasteiger partial charge on any atom is -0.469 e. The van der Waals surface area contributed by atoms with Crippen molar-refractivity contribution in [2.24, 2.45) is 11.8 Å². The van der Waals surface area contributed by atoms with Crippen LogP contribution in [0.15, 0.2) is 24.3 Å². The van der Waals surface area contributed by atoms with Crippen LogP contribution in [0.1, 0.15) is 36.8 Å². The van der Waals surface area contributed by atoms with Crippen molar-refractivity contribution in [2.45, 2.75) is 37.5 Å². The van der Waals surface area contributed by atoms with Crippen molar-refractivity contribution < 1.29 is 14.3 Å². The third-order valence-electron chi connectivity index (χ3n) is 6.44. The van der Waals surface area contributed by atoms with E-state index >= 15 is 0 Å². The first-order chi connectivity index (χ1) is 12.1. The summed E-state index contributed by atoms with van der Waals surface area (Å²) in [6.07, 6.45) is 4.97. The largest absolute Gasteiger partial charge is 0.469 e. The zero-order chi connectivity index (χ0) is 17.4. The summed E-state index contributed by atoms with van der Waals surface area (Å²) >= 11 is 0. The molecule has 1 heterocycles. The van der Waals surface area contributed by atoms with Gasteiger partial charge in [-0.3, -0.25) is 4.79 Å². The van der Waals surface area contributed by atoms with Gasteiger partial charge in [0.2, 0.25) is 0 Å². The smallest absolute Gasteiger partial charge is 0.317 e. The van der Waals surface area contributed by atoms with Gasteiger partial charge in [0.1, 0.15) is 0 Å². The Morgan fingerprint density at radius 1 is 1.28 bits per heavy atom. The number of methoxy groups -OCH3 is 1. The molecule has 1 saturated carbocycles. The molecule has 3 aliphatic rings. The molecule has 0 bridgehead atoms. The summed E-state index contributed by atoms with van der Waals surface area (Å²) < 4.78 is 4.80. The second kappa shape index (κ2) is 6.36. The number of nitrogens with zero attached hydrogens (tertiary/aromatic N) is 1. The predicted octanol–water partition coefficient (Wildman–Crippen LogP) is 2.49. The topological polar surface area (TPSA) is 58.6 Å². The maximum absolute atomic E-state index is 12.4. The molecule has 134 valence electrons. The van der Waals surface area contributed by atoms with Crippen LogP contribution in [0, 0.1) is 11.8 Å². The highest BCUT2D eigenvalue weighted by Crippen LogP contribution is 2.61. The molecule has 1 N–H and O–H groups in total. The zero-order valence-electron chi connectivity index (χ0n) is 14.8. The van der Waals surface area contributed by atoms with Gasteiger partial charge in [0.15, 0.2) is 0 Å². The average molecular weight is 342 g/mol. The fourth-order valence-electron chi connectivity index (χ4n) is 4.81. The van der Waals surface area contributed by atoms with Gasteiger partial charge in [0.25, 0.3) is 0 Å². The molecule has 2 fully saturated rings. The number of hydrogen-bond acceptors (Lipinski definition) is 3. The number of fused-ring (bicyclic) bond motifs is 2. The normalized spacial score (nSPS) is 27.9. The summed E-state index contributed by atoms with van der Waals surface area (Å²) in [6, 6.07) is 8.77. The van der Waals surface area contributed by atoms with Crippen LogP contribution in [0.4, 0.5) is 4.79 Å². The Morgan fingerprint density at radius 2 is 2.04 bits per heavy atom. The van der Waals surface area contributed by atoms with Crippen molar-refractivity contribution in [1.82, 2.24) is 10.2 Å². The number of carbonyl (C=O) groups excluding carboxylic acids is 2. The van der Waals surface area contributed by atoms with E-state index in [1.807, 2.05) is 4.90 Å².